The van der Waals surface area contributed by atoms with Crippen molar-refractivity contribution in [2.45, 2.75) is 18.2 Å². The van der Waals surface area contributed by atoms with E-state index in [9.17, 15) is 4.39 Å². The molecule has 0 amide bonds. The molecule has 0 saturated heterocycles. The summed E-state index contributed by atoms with van der Waals surface area (Å²) in [5.74, 6) is 1.75. The van der Waals surface area contributed by atoms with Gasteiger partial charge in [0.05, 0.1) is 6.04 Å². The zero-order valence-electron chi connectivity index (χ0n) is 17.2. The monoisotopic (exact) mass is 450 g/mol. The Labute approximate surface area is 191 Å². The molecule has 5 rings (SSSR count). The summed E-state index contributed by atoms with van der Waals surface area (Å²) in [5.41, 5.74) is 6.38. The summed E-state index contributed by atoms with van der Waals surface area (Å²) in [5, 5.41) is 2.10. The van der Waals surface area contributed by atoms with E-state index in [1.54, 1.807) is 0 Å². The summed E-state index contributed by atoms with van der Waals surface area (Å²) in [6.07, 6.45) is 1.05. The number of nitrogens with zero attached hydrogens (tertiary/aromatic N) is 1. The Morgan fingerprint density at radius 2 is 1.77 bits per heavy atom. The molecule has 4 aromatic rings. The second-order valence-electron chi connectivity index (χ2n) is 7.98. The number of hydrogen-bond acceptors (Lipinski definition) is 2. The van der Waals surface area contributed by atoms with E-state index in [0.717, 1.165) is 41.6 Å². The maximum Gasteiger partial charge on any atom is 0.123 e. The fraction of sp³-hybridized carbons (Fsp3) is 0.231. The molecule has 0 radical (unpaired) electrons. The number of H-pyrrole nitrogens is 1. The number of halogens is 2. The molecule has 3 aromatic carbocycles. The second kappa shape index (κ2) is 9.07. The van der Waals surface area contributed by atoms with Crippen molar-refractivity contribution in [1.29, 1.82) is 0 Å². The van der Waals surface area contributed by atoms with Crippen LogP contribution in [-0.4, -0.2) is 28.7 Å². The molecule has 0 saturated carbocycles. The van der Waals surface area contributed by atoms with Gasteiger partial charge >= 0.3 is 0 Å². The standard InChI is InChI=1S/C26H24ClFN2S/c27-20-9-7-19(8-10-20)26-25-23(22-3-1-2-4-24(22)29-25)13-14-30(26)15-16-31-17-18-5-11-21(28)12-6-18/h1-12,26,29H,13-17H2. The van der Waals surface area contributed by atoms with Crippen LogP contribution in [0.2, 0.25) is 5.02 Å². The number of benzene rings is 3. The van der Waals surface area contributed by atoms with Gasteiger partial charge in [-0.3, -0.25) is 4.90 Å². The van der Waals surface area contributed by atoms with Crippen LogP contribution in [0.15, 0.2) is 72.8 Å². The van der Waals surface area contributed by atoms with E-state index in [4.69, 9.17) is 11.6 Å². The summed E-state index contributed by atoms with van der Waals surface area (Å²) in [7, 11) is 0. The zero-order chi connectivity index (χ0) is 21.2. The van der Waals surface area contributed by atoms with E-state index in [2.05, 4.69) is 46.3 Å². The van der Waals surface area contributed by atoms with Crippen LogP contribution in [0.1, 0.15) is 28.4 Å². The molecule has 1 aliphatic rings. The van der Waals surface area contributed by atoms with Gasteiger partial charge in [-0.15, -0.1) is 0 Å². The van der Waals surface area contributed by atoms with E-state index in [1.165, 1.54) is 39.9 Å². The molecule has 5 heteroatoms. The molecular formula is C26H24ClFN2S. The van der Waals surface area contributed by atoms with E-state index < -0.39 is 0 Å². The SMILES string of the molecule is Fc1ccc(CSCCN2CCc3c([nH]c4ccccc34)C2c2ccc(Cl)cc2)cc1. The molecule has 1 unspecified atom stereocenters. The van der Waals surface area contributed by atoms with E-state index >= 15 is 0 Å². The molecule has 1 aliphatic heterocycles. The first kappa shape index (κ1) is 20.6. The van der Waals surface area contributed by atoms with Crippen molar-refractivity contribution in [3.05, 3.63) is 106 Å². The molecule has 0 spiro atoms. The predicted octanol–water partition coefficient (Wildman–Crippen LogP) is 6.84. The highest BCUT2D eigenvalue weighted by Crippen LogP contribution is 2.38. The molecule has 31 heavy (non-hydrogen) atoms. The van der Waals surface area contributed by atoms with Gasteiger partial charge in [0.25, 0.3) is 0 Å². The molecule has 0 fully saturated rings. The highest BCUT2D eigenvalue weighted by Gasteiger charge is 2.31. The third-order valence-electron chi connectivity index (χ3n) is 6.02. The van der Waals surface area contributed by atoms with Gasteiger partial charge in [0.1, 0.15) is 5.82 Å². The van der Waals surface area contributed by atoms with Crippen LogP contribution in [0.3, 0.4) is 0 Å². The molecule has 158 valence electrons. The number of nitrogens with one attached hydrogen (secondary N) is 1. The number of aromatic nitrogens is 1. The van der Waals surface area contributed by atoms with Crippen LogP contribution in [0, 0.1) is 5.82 Å². The molecular weight excluding hydrogens is 427 g/mol. The van der Waals surface area contributed by atoms with Crippen molar-refractivity contribution in [2.75, 3.05) is 18.8 Å². The lowest BCUT2D eigenvalue weighted by Crippen LogP contribution is -2.37. The summed E-state index contributed by atoms with van der Waals surface area (Å²) < 4.78 is 13.1. The minimum atomic E-state index is -0.179. The van der Waals surface area contributed by atoms with Gasteiger partial charge in [0.15, 0.2) is 0 Å². The Morgan fingerprint density at radius 3 is 2.58 bits per heavy atom. The van der Waals surface area contributed by atoms with Crippen molar-refractivity contribution >= 4 is 34.3 Å². The predicted molar refractivity (Wildman–Crippen MR) is 129 cm³/mol. The second-order valence-corrected chi connectivity index (χ2v) is 9.52. The lowest BCUT2D eigenvalue weighted by Gasteiger charge is -2.36. The van der Waals surface area contributed by atoms with Gasteiger partial charge in [0.2, 0.25) is 0 Å². The smallest absolute Gasteiger partial charge is 0.123 e. The minimum Gasteiger partial charge on any atom is -0.357 e. The maximum atomic E-state index is 13.1. The maximum absolute atomic E-state index is 13.1. The molecule has 2 heterocycles. The first-order chi connectivity index (χ1) is 15.2. The average Bonchev–Trinajstić information content (AvgIpc) is 3.17. The first-order valence-corrected chi connectivity index (χ1v) is 12.1. The molecule has 0 aliphatic carbocycles. The van der Waals surface area contributed by atoms with Gasteiger partial charge in [-0.05, 0) is 53.4 Å². The van der Waals surface area contributed by atoms with Crippen molar-refractivity contribution in [1.82, 2.24) is 9.88 Å². The van der Waals surface area contributed by atoms with Gasteiger partial charge in [-0.1, -0.05) is 54.1 Å². The van der Waals surface area contributed by atoms with Crippen LogP contribution < -0.4 is 0 Å². The van der Waals surface area contributed by atoms with E-state index in [-0.39, 0.29) is 11.9 Å². The molecule has 1 aromatic heterocycles. The van der Waals surface area contributed by atoms with Crippen LogP contribution in [0.5, 0.6) is 0 Å². The normalized spacial score (nSPS) is 16.5. The van der Waals surface area contributed by atoms with E-state index in [1.807, 2.05) is 36.0 Å². The highest BCUT2D eigenvalue weighted by molar-refractivity contribution is 7.98. The Hall–Kier alpha value is -2.27. The molecule has 1 atom stereocenters. The summed E-state index contributed by atoms with van der Waals surface area (Å²) in [6, 6.07) is 23.9. The van der Waals surface area contributed by atoms with Crippen LogP contribution in [-0.2, 0) is 12.2 Å². The van der Waals surface area contributed by atoms with Crippen molar-refractivity contribution in [3.8, 4) is 0 Å². The lowest BCUT2D eigenvalue weighted by atomic mass is 9.92. The van der Waals surface area contributed by atoms with Crippen LogP contribution >= 0.6 is 23.4 Å². The summed E-state index contributed by atoms with van der Waals surface area (Å²) in [4.78, 5) is 6.28. The Balaban J connectivity index is 1.37. The fourth-order valence-corrected chi connectivity index (χ4v) is 5.57. The highest BCUT2D eigenvalue weighted by atomic mass is 35.5. The van der Waals surface area contributed by atoms with Crippen LogP contribution in [0.25, 0.3) is 10.9 Å². The summed E-state index contributed by atoms with van der Waals surface area (Å²) in [6.45, 7) is 2.02. The molecule has 0 bridgehead atoms. The third-order valence-corrected chi connectivity index (χ3v) is 7.29. The average molecular weight is 451 g/mol. The van der Waals surface area contributed by atoms with Crippen LogP contribution in [0.4, 0.5) is 4.39 Å². The minimum absolute atomic E-state index is 0.179. The van der Waals surface area contributed by atoms with E-state index in [0.29, 0.717) is 0 Å². The first-order valence-electron chi connectivity index (χ1n) is 10.6. The van der Waals surface area contributed by atoms with Gasteiger partial charge < -0.3 is 4.98 Å². The molecule has 2 nitrogen and oxygen atoms in total. The lowest BCUT2D eigenvalue weighted by molar-refractivity contribution is 0.224. The fourth-order valence-electron chi connectivity index (χ4n) is 4.51. The Bertz CT molecular complexity index is 1170. The number of fused-ring (bicyclic) bond motifs is 3. The van der Waals surface area contributed by atoms with Gasteiger partial charge in [-0.25, -0.2) is 4.39 Å². The zero-order valence-corrected chi connectivity index (χ0v) is 18.7. The van der Waals surface area contributed by atoms with Gasteiger partial charge in [-0.2, -0.15) is 11.8 Å². The topological polar surface area (TPSA) is 19.0 Å². The number of rotatable bonds is 6. The number of hydrogen-bond donors (Lipinski definition) is 1. The largest absolute Gasteiger partial charge is 0.357 e. The van der Waals surface area contributed by atoms with Crippen molar-refractivity contribution in [3.63, 3.8) is 0 Å². The quantitative estimate of drug-likeness (QED) is 0.324. The van der Waals surface area contributed by atoms with Crippen molar-refractivity contribution in [2.24, 2.45) is 0 Å². The Kier molecular flexibility index (Phi) is 6.04. The third kappa shape index (κ3) is 4.38. The number of thioether (sulfide) groups is 1. The van der Waals surface area contributed by atoms with Gasteiger partial charge in [0, 0.05) is 46.2 Å². The number of para-hydroxylation sites is 1. The number of aromatic amines is 1. The Morgan fingerprint density at radius 1 is 1.00 bits per heavy atom. The molecule has 1 N–H and O–H groups in total. The van der Waals surface area contributed by atoms with Crippen molar-refractivity contribution < 1.29 is 4.39 Å². The summed E-state index contributed by atoms with van der Waals surface area (Å²) >= 11 is 8.07.